The van der Waals surface area contributed by atoms with Crippen LogP contribution in [0.1, 0.15) is 66.7 Å². The Morgan fingerprint density at radius 1 is 1.31 bits per heavy atom. The normalized spacial score (nSPS) is 35.3. The molecule has 78 valence electrons. The second-order valence-corrected chi connectivity index (χ2v) is 5.82. The van der Waals surface area contributed by atoms with Crippen molar-refractivity contribution in [1.82, 2.24) is 0 Å². The minimum atomic E-state index is 0.539. The standard InChI is InChI=1S/C13H26/c1-6-11-8-9-13(5,10-11)12(3,4)7-2/h11H,6-10H2,1-5H3. The Balaban J connectivity index is 2.68. The van der Waals surface area contributed by atoms with Crippen molar-refractivity contribution in [1.29, 1.82) is 0 Å². The van der Waals surface area contributed by atoms with Crippen LogP contribution in [0.2, 0.25) is 0 Å². The number of rotatable bonds is 3. The van der Waals surface area contributed by atoms with E-state index in [4.69, 9.17) is 0 Å². The number of hydrogen-bond donors (Lipinski definition) is 0. The molecule has 1 rings (SSSR count). The molecule has 0 amide bonds. The summed E-state index contributed by atoms with van der Waals surface area (Å²) in [6.45, 7) is 12.1. The van der Waals surface area contributed by atoms with Crippen LogP contribution in [-0.4, -0.2) is 0 Å². The van der Waals surface area contributed by atoms with Crippen LogP contribution in [0.4, 0.5) is 0 Å². The average Bonchev–Trinajstić information content (AvgIpc) is 2.49. The first kappa shape index (κ1) is 11.1. The fraction of sp³-hybridized carbons (Fsp3) is 1.00. The Morgan fingerprint density at radius 3 is 2.31 bits per heavy atom. The first-order chi connectivity index (χ1) is 5.95. The van der Waals surface area contributed by atoms with Gasteiger partial charge < -0.3 is 0 Å². The molecular formula is C13H26. The molecule has 1 aliphatic carbocycles. The van der Waals surface area contributed by atoms with E-state index in [-0.39, 0.29) is 0 Å². The van der Waals surface area contributed by atoms with Crippen molar-refractivity contribution in [2.45, 2.75) is 66.7 Å². The summed E-state index contributed by atoms with van der Waals surface area (Å²) < 4.78 is 0. The van der Waals surface area contributed by atoms with Crippen molar-refractivity contribution in [3.8, 4) is 0 Å². The molecule has 1 fully saturated rings. The van der Waals surface area contributed by atoms with Crippen LogP contribution >= 0.6 is 0 Å². The summed E-state index contributed by atoms with van der Waals surface area (Å²) in [5.41, 5.74) is 1.15. The average molecular weight is 182 g/mol. The van der Waals surface area contributed by atoms with Crippen molar-refractivity contribution >= 4 is 0 Å². The van der Waals surface area contributed by atoms with Crippen molar-refractivity contribution in [2.75, 3.05) is 0 Å². The lowest BCUT2D eigenvalue weighted by atomic mass is 9.64. The third kappa shape index (κ3) is 1.92. The Bertz CT molecular complexity index is 169. The van der Waals surface area contributed by atoms with Crippen LogP contribution < -0.4 is 0 Å². The summed E-state index contributed by atoms with van der Waals surface area (Å²) in [6, 6.07) is 0. The van der Waals surface area contributed by atoms with Gasteiger partial charge in [0.15, 0.2) is 0 Å². The van der Waals surface area contributed by atoms with Crippen molar-refractivity contribution in [2.24, 2.45) is 16.7 Å². The van der Waals surface area contributed by atoms with Crippen LogP contribution in [0.25, 0.3) is 0 Å². The Kier molecular flexibility index (Phi) is 3.09. The van der Waals surface area contributed by atoms with E-state index in [0.29, 0.717) is 10.8 Å². The zero-order valence-electron chi connectivity index (χ0n) is 10.1. The molecular weight excluding hydrogens is 156 g/mol. The minimum Gasteiger partial charge on any atom is -0.0651 e. The molecule has 0 aliphatic heterocycles. The van der Waals surface area contributed by atoms with Crippen molar-refractivity contribution < 1.29 is 0 Å². The summed E-state index contributed by atoms with van der Waals surface area (Å²) in [5.74, 6) is 1.01. The quantitative estimate of drug-likeness (QED) is 0.596. The lowest BCUT2D eigenvalue weighted by Gasteiger charge is -2.41. The molecule has 1 aliphatic rings. The highest BCUT2D eigenvalue weighted by Crippen LogP contribution is 2.54. The second kappa shape index (κ2) is 3.63. The monoisotopic (exact) mass is 182 g/mol. The molecule has 2 unspecified atom stereocenters. The van der Waals surface area contributed by atoms with Crippen LogP contribution in [0.3, 0.4) is 0 Å². The molecule has 1 saturated carbocycles. The molecule has 2 atom stereocenters. The largest absolute Gasteiger partial charge is 0.0651 e. The van der Waals surface area contributed by atoms with Gasteiger partial charge in [-0.25, -0.2) is 0 Å². The van der Waals surface area contributed by atoms with Gasteiger partial charge in [-0.3, -0.25) is 0 Å². The maximum Gasteiger partial charge on any atom is -0.0272 e. The summed E-state index contributed by atoms with van der Waals surface area (Å²) >= 11 is 0. The third-order valence-corrected chi connectivity index (χ3v) is 4.94. The molecule has 0 N–H and O–H groups in total. The molecule has 0 heteroatoms. The highest BCUT2D eigenvalue weighted by molar-refractivity contribution is 4.94. The van der Waals surface area contributed by atoms with Gasteiger partial charge in [-0.05, 0) is 36.0 Å². The lowest BCUT2D eigenvalue weighted by Crippen LogP contribution is -2.32. The van der Waals surface area contributed by atoms with Gasteiger partial charge in [0.1, 0.15) is 0 Å². The van der Waals surface area contributed by atoms with Gasteiger partial charge >= 0.3 is 0 Å². The van der Waals surface area contributed by atoms with E-state index < -0.39 is 0 Å². The zero-order valence-corrected chi connectivity index (χ0v) is 10.1. The maximum atomic E-state index is 2.51. The highest BCUT2D eigenvalue weighted by atomic mass is 14.5. The first-order valence-electron chi connectivity index (χ1n) is 5.95. The summed E-state index contributed by atoms with van der Waals surface area (Å²) in [5, 5.41) is 0. The van der Waals surface area contributed by atoms with E-state index in [2.05, 4.69) is 34.6 Å². The molecule has 0 nitrogen and oxygen atoms in total. The summed E-state index contributed by atoms with van der Waals surface area (Å²) in [6.07, 6.45) is 7.09. The zero-order chi connectivity index (χ0) is 10.1. The van der Waals surface area contributed by atoms with E-state index in [1.165, 1.54) is 32.1 Å². The molecule has 0 spiro atoms. The van der Waals surface area contributed by atoms with E-state index in [1.54, 1.807) is 0 Å². The first-order valence-corrected chi connectivity index (χ1v) is 5.95. The van der Waals surface area contributed by atoms with E-state index in [0.717, 1.165) is 5.92 Å². The predicted octanol–water partition coefficient (Wildman–Crippen LogP) is 4.64. The van der Waals surface area contributed by atoms with Crippen LogP contribution in [0.15, 0.2) is 0 Å². The van der Waals surface area contributed by atoms with Crippen molar-refractivity contribution in [3.63, 3.8) is 0 Å². The highest BCUT2D eigenvalue weighted by Gasteiger charge is 2.44. The van der Waals surface area contributed by atoms with Crippen LogP contribution in [0, 0.1) is 16.7 Å². The Labute approximate surface area is 84.1 Å². The topological polar surface area (TPSA) is 0 Å². The summed E-state index contributed by atoms with van der Waals surface area (Å²) in [4.78, 5) is 0. The molecule has 0 radical (unpaired) electrons. The molecule has 0 aromatic heterocycles. The fourth-order valence-corrected chi connectivity index (χ4v) is 2.75. The smallest absolute Gasteiger partial charge is 0.0272 e. The van der Waals surface area contributed by atoms with Gasteiger partial charge in [-0.1, -0.05) is 47.5 Å². The predicted molar refractivity (Wildman–Crippen MR) is 59.8 cm³/mol. The molecule has 0 saturated heterocycles. The fourth-order valence-electron chi connectivity index (χ4n) is 2.75. The van der Waals surface area contributed by atoms with Gasteiger partial charge in [0.25, 0.3) is 0 Å². The maximum absolute atomic E-state index is 2.51. The van der Waals surface area contributed by atoms with Gasteiger partial charge in [0, 0.05) is 0 Å². The molecule has 0 bridgehead atoms. The van der Waals surface area contributed by atoms with Gasteiger partial charge in [-0.2, -0.15) is 0 Å². The molecule has 13 heavy (non-hydrogen) atoms. The molecule has 0 aromatic rings. The van der Waals surface area contributed by atoms with E-state index in [9.17, 15) is 0 Å². The molecule has 0 heterocycles. The molecule has 0 aromatic carbocycles. The van der Waals surface area contributed by atoms with Crippen molar-refractivity contribution in [3.05, 3.63) is 0 Å². The van der Waals surface area contributed by atoms with Crippen LogP contribution in [0.5, 0.6) is 0 Å². The Hall–Kier alpha value is 0. The van der Waals surface area contributed by atoms with Gasteiger partial charge in [-0.15, -0.1) is 0 Å². The Morgan fingerprint density at radius 2 is 1.92 bits per heavy atom. The van der Waals surface area contributed by atoms with Crippen LogP contribution in [-0.2, 0) is 0 Å². The SMILES string of the molecule is CCC1CCC(C)(C(C)(C)CC)C1. The second-order valence-electron chi connectivity index (χ2n) is 5.82. The van der Waals surface area contributed by atoms with E-state index in [1.807, 2.05) is 0 Å². The minimum absolute atomic E-state index is 0.539. The lowest BCUT2D eigenvalue weighted by molar-refractivity contribution is 0.0856. The summed E-state index contributed by atoms with van der Waals surface area (Å²) in [7, 11) is 0. The van der Waals surface area contributed by atoms with Gasteiger partial charge in [0.2, 0.25) is 0 Å². The van der Waals surface area contributed by atoms with Gasteiger partial charge in [0.05, 0.1) is 0 Å². The van der Waals surface area contributed by atoms with E-state index >= 15 is 0 Å². The number of hydrogen-bond acceptors (Lipinski definition) is 0. The third-order valence-electron chi connectivity index (χ3n) is 4.94.